The Morgan fingerprint density at radius 1 is 1.11 bits per heavy atom. The summed E-state index contributed by atoms with van der Waals surface area (Å²) in [6, 6.07) is 18.5. The van der Waals surface area contributed by atoms with Gasteiger partial charge in [0.25, 0.3) is 0 Å². The van der Waals surface area contributed by atoms with Gasteiger partial charge in [0.1, 0.15) is 5.75 Å². The van der Waals surface area contributed by atoms with Crippen molar-refractivity contribution in [1.29, 1.82) is 0 Å². The molecule has 0 unspecified atom stereocenters. The van der Waals surface area contributed by atoms with Crippen molar-refractivity contribution >= 4 is 11.8 Å². The average molecular weight is 396 g/mol. The topological polar surface area (TPSA) is 49.2 Å². The Morgan fingerprint density at radius 2 is 1.93 bits per heavy atom. The second-order valence-electron chi connectivity index (χ2n) is 6.87. The van der Waals surface area contributed by atoms with Crippen LogP contribution in [-0.2, 0) is 17.7 Å². The number of rotatable bonds is 8. The third-order valence-corrected chi connectivity index (χ3v) is 6.05. The average Bonchev–Trinajstić information content (AvgIpc) is 3.41. The zero-order chi connectivity index (χ0) is 19.2. The number of benzene rings is 2. The highest BCUT2D eigenvalue weighted by atomic mass is 32.2. The molecule has 0 saturated carbocycles. The standard InChI is InChI=1S/C22H25N3O2S/c1-26-19-11-9-18(10-12-19)21-23-24-22(28-16-20-8-5-15-27-20)25(21)14-13-17-6-3-2-4-7-17/h2-4,6-7,9-12,20H,5,8,13-16H2,1H3/t20-/m0/s1. The van der Waals surface area contributed by atoms with E-state index in [1.165, 1.54) is 5.56 Å². The number of hydrogen-bond acceptors (Lipinski definition) is 5. The van der Waals surface area contributed by atoms with Crippen LogP contribution < -0.4 is 4.74 Å². The van der Waals surface area contributed by atoms with Gasteiger partial charge in [0.2, 0.25) is 0 Å². The van der Waals surface area contributed by atoms with Gasteiger partial charge in [-0.1, -0.05) is 42.1 Å². The molecule has 146 valence electrons. The van der Waals surface area contributed by atoms with Crippen LogP contribution >= 0.6 is 11.8 Å². The van der Waals surface area contributed by atoms with Crippen molar-refractivity contribution in [2.24, 2.45) is 0 Å². The Labute approximate surface area is 170 Å². The number of nitrogens with zero attached hydrogens (tertiary/aromatic N) is 3. The Morgan fingerprint density at radius 3 is 2.64 bits per heavy atom. The molecular weight excluding hydrogens is 370 g/mol. The normalized spacial score (nSPS) is 16.4. The molecule has 0 bridgehead atoms. The van der Waals surface area contributed by atoms with Crippen LogP contribution in [0.5, 0.6) is 5.75 Å². The van der Waals surface area contributed by atoms with E-state index in [0.29, 0.717) is 6.10 Å². The highest BCUT2D eigenvalue weighted by Crippen LogP contribution is 2.28. The van der Waals surface area contributed by atoms with E-state index in [4.69, 9.17) is 9.47 Å². The molecule has 0 aliphatic carbocycles. The van der Waals surface area contributed by atoms with Gasteiger partial charge in [-0.2, -0.15) is 0 Å². The molecule has 2 heterocycles. The molecule has 1 aromatic heterocycles. The van der Waals surface area contributed by atoms with E-state index in [1.807, 2.05) is 30.3 Å². The largest absolute Gasteiger partial charge is 0.497 e. The first-order valence-corrected chi connectivity index (χ1v) is 10.7. The van der Waals surface area contributed by atoms with E-state index in [1.54, 1.807) is 18.9 Å². The van der Waals surface area contributed by atoms with E-state index in [0.717, 1.165) is 60.5 Å². The summed E-state index contributed by atoms with van der Waals surface area (Å²) in [6.07, 6.45) is 3.56. The van der Waals surface area contributed by atoms with E-state index in [9.17, 15) is 0 Å². The van der Waals surface area contributed by atoms with Gasteiger partial charge in [0, 0.05) is 24.5 Å². The zero-order valence-corrected chi connectivity index (χ0v) is 16.9. The molecule has 1 aliphatic rings. The Kier molecular flexibility index (Phi) is 6.29. The monoisotopic (exact) mass is 395 g/mol. The van der Waals surface area contributed by atoms with Crippen molar-refractivity contribution in [3.05, 3.63) is 60.2 Å². The van der Waals surface area contributed by atoms with Gasteiger partial charge in [-0.05, 0) is 49.1 Å². The SMILES string of the molecule is COc1ccc(-c2nnc(SC[C@@H]3CCCO3)n2CCc2ccccc2)cc1. The molecule has 0 spiro atoms. The highest BCUT2D eigenvalue weighted by Gasteiger charge is 2.19. The molecule has 6 heteroatoms. The summed E-state index contributed by atoms with van der Waals surface area (Å²) < 4.78 is 13.3. The van der Waals surface area contributed by atoms with Gasteiger partial charge in [0.05, 0.1) is 13.2 Å². The Balaban J connectivity index is 1.56. The van der Waals surface area contributed by atoms with Crippen molar-refractivity contribution in [2.45, 2.75) is 37.1 Å². The fraction of sp³-hybridized carbons (Fsp3) is 0.364. The number of hydrogen-bond donors (Lipinski definition) is 0. The molecule has 4 rings (SSSR count). The summed E-state index contributed by atoms with van der Waals surface area (Å²) >= 11 is 1.74. The van der Waals surface area contributed by atoms with Gasteiger partial charge in [-0.15, -0.1) is 10.2 Å². The van der Waals surface area contributed by atoms with Gasteiger partial charge in [-0.25, -0.2) is 0 Å². The number of thioether (sulfide) groups is 1. The predicted molar refractivity (Wildman–Crippen MR) is 112 cm³/mol. The third kappa shape index (κ3) is 4.56. The lowest BCUT2D eigenvalue weighted by atomic mass is 10.1. The maximum Gasteiger partial charge on any atom is 0.191 e. The van der Waals surface area contributed by atoms with Crippen LogP contribution in [0.15, 0.2) is 59.8 Å². The van der Waals surface area contributed by atoms with Crippen LogP contribution in [-0.4, -0.2) is 40.3 Å². The van der Waals surface area contributed by atoms with Crippen LogP contribution in [0.4, 0.5) is 0 Å². The van der Waals surface area contributed by atoms with Crippen molar-refractivity contribution < 1.29 is 9.47 Å². The smallest absolute Gasteiger partial charge is 0.191 e. The van der Waals surface area contributed by atoms with Gasteiger partial charge in [0.15, 0.2) is 11.0 Å². The number of aromatic nitrogens is 3. The second kappa shape index (κ2) is 9.26. The first kappa shape index (κ1) is 19.0. The fourth-order valence-corrected chi connectivity index (χ4v) is 4.41. The molecule has 0 N–H and O–H groups in total. The van der Waals surface area contributed by atoms with E-state index in [2.05, 4.69) is 39.0 Å². The summed E-state index contributed by atoms with van der Waals surface area (Å²) in [4.78, 5) is 0. The molecule has 1 atom stereocenters. The summed E-state index contributed by atoms with van der Waals surface area (Å²) in [7, 11) is 1.68. The summed E-state index contributed by atoms with van der Waals surface area (Å²) in [5.41, 5.74) is 2.36. The van der Waals surface area contributed by atoms with Gasteiger partial charge in [-0.3, -0.25) is 0 Å². The third-order valence-electron chi connectivity index (χ3n) is 4.95. The Hall–Kier alpha value is -2.31. The first-order valence-electron chi connectivity index (χ1n) is 9.69. The zero-order valence-electron chi connectivity index (χ0n) is 16.1. The number of aryl methyl sites for hydroxylation is 1. The molecule has 0 radical (unpaired) electrons. The predicted octanol–water partition coefficient (Wildman–Crippen LogP) is 4.47. The van der Waals surface area contributed by atoms with E-state index in [-0.39, 0.29) is 0 Å². The van der Waals surface area contributed by atoms with Crippen LogP contribution in [0.25, 0.3) is 11.4 Å². The maximum atomic E-state index is 5.77. The molecule has 5 nitrogen and oxygen atoms in total. The molecular formula is C22H25N3O2S. The lowest BCUT2D eigenvalue weighted by Gasteiger charge is -2.12. The minimum Gasteiger partial charge on any atom is -0.497 e. The highest BCUT2D eigenvalue weighted by molar-refractivity contribution is 7.99. The summed E-state index contributed by atoms with van der Waals surface area (Å²) in [5, 5.41) is 9.96. The number of methoxy groups -OCH3 is 1. The molecule has 1 saturated heterocycles. The molecule has 2 aromatic carbocycles. The van der Waals surface area contributed by atoms with E-state index < -0.39 is 0 Å². The molecule has 0 amide bonds. The van der Waals surface area contributed by atoms with Crippen LogP contribution in [0.2, 0.25) is 0 Å². The first-order chi connectivity index (χ1) is 13.8. The minimum atomic E-state index is 0.328. The summed E-state index contributed by atoms with van der Waals surface area (Å²) in [5.74, 6) is 2.66. The van der Waals surface area contributed by atoms with Crippen LogP contribution in [0, 0.1) is 0 Å². The summed E-state index contributed by atoms with van der Waals surface area (Å²) in [6.45, 7) is 1.72. The fourth-order valence-electron chi connectivity index (χ4n) is 3.38. The van der Waals surface area contributed by atoms with Crippen molar-refractivity contribution in [3.63, 3.8) is 0 Å². The Bertz CT molecular complexity index is 875. The molecule has 1 fully saturated rings. The minimum absolute atomic E-state index is 0.328. The lowest BCUT2D eigenvalue weighted by Crippen LogP contribution is -2.10. The van der Waals surface area contributed by atoms with Crippen LogP contribution in [0.3, 0.4) is 0 Å². The lowest BCUT2D eigenvalue weighted by molar-refractivity contribution is 0.129. The number of ether oxygens (including phenoxy) is 2. The maximum absolute atomic E-state index is 5.77. The van der Waals surface area contributed by atoms with E-state index >= 15 is 0 Å². The molecule has 28 heavy (non-hydrogen) atoms. The molecule has 1 aliphatic heterocycles. The quantitative estimate of drug-likeness (QED) is 0.527. The second-order valence-corrected chi connectivity index (χ2v) is 7.86. The van der Waals surface area contributed by atoms with Crippen molar-refractivity contribution in [1.82, 2.24) is 14.8 Å². The van der Waals surface area contributed by atoms with Gasteiger partial charge >= 0.3 is 0 Å². The van der Waals surface area contributed by atoms with Crippen molar-refractivity contribution in [2.75, 3.05) is 19.5 Å². The van der Waals surface area contributed by atoms with Gasteiger partial charge < -0.3 is 14.0 Å². The van der Waals surface area contributed by atoms with Crippen LogP contribution in [0.1, 0.15) is 18.4 Å². The molecule has 3 aromatic rings. The van der Waals surface area contributed by atoms with Crippen molar-refractivity contribution in [3.8, 4) is 17.1 Å².